The minimum absolute atomic E-state index is 0.499. The summed E-state index contributed by atoms with van der Waals surface area (Å²) in [6.45, 7) is 14.4. The Hall–Kier alpha value is 0. The van der Waals surface area contributed by atoms with Crippen LogP contribution in [0.3, 0.4) is 0 Å². The molecule has 0 heteroatoms. The Morgan fingerprint density at radius 1 is 1.20 bits per heavy atom. The predicted molar refractivity (Wildman–Crippen MR) is 69.0 cm³/mol. The lowest BCUT2D eigenvalue weighted by atomic mass is 9.74. The molecule has 2 atom stereocenters. The van der Waals surface area contributed by atoms with Gasteiger partial charge in [0.2, 0.25) is 0 Å². The van der Waals surface area contributed by atoms with E-state index in [4.69, 9.17) is 0 Å². The number of hydrogen-bond donors (Lipinski definition) is 0. The monoisotopic (exact) mass is 210 g/mol. The van der Waals surface area contributed by atoms with Crippen molar-refractivity contribution in [1.82, 2.24) is 0 Å². The predicted octanol–water partition coefficient (Wildman–Crippen LogP) is 5.28. The molecule has 0 heterocycles. The van der Waals surface area contributed by atoms with Gasteiger partial charge < -0.3 is 0 Å². The lowest BCUT2D eigenvalue weighted by Crippen LogP contribution is -2.21. The van der Waals surface area contributed by atoms with Gasteiger partial charge in [0.25, 0.3) is 0 Å². The van der Waals surface area contributed by atoms with Crippen LogP contribution >= 0.6 is 0 Å². The minimum Gasteiger partial charge on any atom is -0.0651 e. The second kappa shape index (κ2) is 4.47. The van der Waals surface area contributed by atoms with Gasteiger partial charge in [-0.25, -0.2) is 0 Å². The first-order valence-corrected chi connectivity index (χ1v) is 6.76. The van der Waals surface area contributed by atoms with E-state index in [9.17, 15) is 0 Å². The molecule has 15 heavy (non-hydrogen) atoms. The van der Waals surface area contributed by atoms with Crippen molar-refractivity contribution in [3.63, 3.8) is 0 Å². The molecule has 1 rings (SSSR count). The molecule has 0 nitrogen and oxygen atoms in total. The highest BCUT2D eigenvalue weighted by molar-refractivity contribution is 4.91. The summed E-state index contributed by atoms with van der Waals surface area (Å²) >= 11 is 0. The number of hydrogen-bond acceptors (Lipinski definition) is 0. The SMILES string of the molecule is CCC(C)C(CC(C)(C)C)CC1(C)CC1. The second-order valence-corrected chi connectivity index (χ2v) is 7.43. The van der Waals surface area contributed by atoms with Crippen LogP contribution in [0.1, 0.15) is 73.6 Å². The van der Waals surface area contributed by atoms with Gasteiger partial charge in [-0.3, -0.25) is 0 Å². The average molecular weight is 210 g/mol. The molecule has 1 aliphatic rings. The Kier molecular flexibility index (Phi) is 3.90. The van der Waals surface area contributed by atoms with Crippen molar-refractivity contribution in [2.45, 2.75) is 73.6 Å². The van der Waals surface area contributed by atoms with E-state index in [1.54, 1.807) is 0 Å². The molecule has 0 aromatic heterocycles. The Morgan fingerprint density at radius 2 is 1.73 bits per heavy atom. The fourth-order valence-corrected chi connectivity index (χ4v) is 2.64. The van der Waals surface area contributed by atoms with E-state index in [1.165, 1.54) is 32.1 Å². The van der Waals surface area contributed by atoms with Crippen molar-refractivity contribution in [2.75, 3.05) is 0 Å². The maximum Gasteiger partial charge on any atom is -0.0323 e. The van der Waals surface area contributed by atoms with Crippen LogP contribution in [0.5, 0.6) is 0 Å². The number of rotatable bonds is 5. The topological polar surface area (TPSA) is 0 Å². The van der Waals surface area contributed by atoms with Crippen molar-refractivity contribution < 1.29 is 0 Å². The first-order chi connectivity index (χ1) is 6.76. The molecule has 90 valence electrons. The normalized spacial score (nSPS) is 23.6. The Balaban J connectivity index is 2.53. The molecule has 0 N–H and O–H groups in total. The van der Waals surface area contributed by atoms with Crippen LogP contribution in [-0.2, 0) is 0 Å². The van der Waals surface area contributed by atoms with Gasteiger partial charge in [0.1, 0.15) is 0 Å². The third kappa shape index (κ3) is 4.57. The molecular weight excluding hydrogens is 180 g/mol. The van der Waals surface area contributed by atoms with E-state index >= 15 is 0 Å². The van der Waals surface area contributed by atoms with Gasteiger partial charge in [0.15, 0.2) is 0 Å². The van der Waals surface area contributed by atoms with E-state index < -0.39 is 0 Å². The van der Waals surface area contributed by atoms with E-state index in [2.05, 4.69) is 41.5 Å². The summed E-state index contributed by atoms with van der Waals surface area (Å²) in [5.74, 6) is 1.85. The highest BCUT2D eigenvalue weighted by Crippen LogP contribution is 2.52. The third-order valence-electron chi connectivity index (χ3n) is 4.18. The summed E-state index contributed by atoms with van der Waals surface area (Å²) in [7, 11) is 0. The van der Waals surface area contributed by atoms with E-state index in [-0.39, 0.29) is 0 Å². The highest BCUT2D eigenvalue weighted by Gasteiger charge is 2.40. The van der Waals surface area contributed by atoms with Crippen molar-refractivity contribution in [3.05, 3.63) is 0 Å². The van der Waals surface area contributed by atoms with Gasteiger partial charge in [0.05, 0.1) is 0 Å². The molecule has 0 aliphatic heterocycles. The molecule has 0 spiro atoms. The molecule has 0 amide bonds. The fourth-order valence-electron chi connectivity index (χ4n) is 2.64. The molecule has 0 aromatic rings. The van der Waals surface area contributed by atoms with Gasteiger partial charge in [0, 0.05) is 0 Å². The summed E-state index contributed by atoms with van der Waals surface area (Å²) in [4.78, 5) is 0. The van der Waals surface area contributed by atoms with Crippen molar-refractivity contribution in [3.8, 4) is 0 Å². The third-order valence-corrected chi connectivity index (χ3v) is 4.18. The Morgan fingerprint density at radius 3 is 2.07 bits per heavy atom. The molecule has 0 radical (unpaired) electrons. The molecular formula is C15H30. The van der Waals surface area contributed by atoms with E-state index in [0.29, 0.717) is 5.41 Å². The van der Waals surface area contributed by atoms with Gasteiger partial charge in [-0.2, -0.15) is 0 Å². The molecule has 0 saturated heterocycles. The van der Waals surface area contributed by atoms with Crippen LogP contribution in [-0.4, -0.2) is 0 Å². The molecule has 1 saturated carbocycles. The van der Waals surface area contributed by atoms with Crippen LogP contribution in [0.25, 0.3) is 0 Å². The van der Waals surface area contributed by atoms with Crippen molar-refractivity contribution in [1.29, 1.82) is 0 Å². The van der Waals surface area contributed by atoms with Crippen LogP contribution in [0.2, 0.25) is 0 Å². The summed E-state index contributed by atoms with van der Waals surface area (Å²) in [6, 6.07) is 0. The summed E-state index contributed by atoms with van der Waals surface area (Å²) < 4.78 is 0. The minimum atomic E-state index is 0.499. The fraction of sp³-hybridized carbons (Fsp3) is 1.00. The Bertz CT molecular complexity index is 185. The molecule has 0 aromatic carbocycles. The molecule has 1 fully saturated rings. The van der Waals surface area contributed by atoms with Crippen molar-refractivity contribution in [2.24, 2.45) is 22.7 Å². The zero-order chi connectivity index (χ0) is 11.7. The van der Waals surface area contributed by atoms with Crippen molar-refractivity contribution >= 4 is 0 Å². The first-order valence-electron chi connectivity index (χ1n) is 6.76. The molecule has 1 aliphatic carbocycles. The first kappa shape index (κ1) is 13.1. The maximum atomic E-state index is 2.48. The van der Waals surface area contributed by atoms with Gasteiger partial charge in [-0.05, 0) is 48.3 Å². The standard InChI is InChI=1S/C15H30/c1-7-12(2)13(10-14(3,4)5)11-15(6)8-9-15/h12-13H,7-11H2,1-6H3. The zero-order valence-corrected chi connectivity index (χ0v) is 11.7. The highest BCUT2D eigenvalue weighted by atomic mass is 14.5. The van der Waals surface area contributed by atoms with Gasteiger partial charge in [-0.1, -0.05) is 48.0 Å². The Labute approximate surface area is 96.8 Å². The largest absolute Gasteiger partial charge is 0.0651 e. The average Bonchev–Trinajstić information content (AvgIpc) is 2.78. The lowest BCUT2D eigenvalue weighted by Gasteiger charge is -2.32. The van der Waals surface area contributed by atoms with E-state index in [0.717, 1.165) is 17.3 Å². The quantitative estimate of drug-likeness (QED) is 0.579. The second-order valence-electron chi connectivity index (χ2n) is 7.43. The van der Waals surface area contributed by atoms with Crippen LogP contribution < -0.4 is 0 Å². The van der Waals surface area contributed by atoms with Gasteiger partial charge >= 0.3 is 0 Å². The summed E-state index contributed by atoms with van der Waals surface area (Å²) in [5, 5.41) is 0. The van der Waals surface area contributed by atoms with E-state index in [1.807, 2.05) is 0 Å². The summed E-state index contributed by atoms with van der Waals surface area (Å²) in [6.07, 6.45) is 7.17. The smallest absolute Gasteiger partial charge is 0.0323 e. The van der Waals surface area contributed by atoms with Crippen LogP contribution in [0.15, 0.2) is 0 Å². The maximum absolute atomic E-state index is 2.48. The lowest BCUT2D eigenvalue weighted by molar-refractivity contribution is 0.190. The van der Waals surface area contributed by atoms with Crippen LogP contribution in [0.4, 0.5) is 0 Å². The molecule has 2 unspecified atom stereocenters. The summed E-state index contributed by atoms with van der Waals surface area (Å²) in [5.41, 5.74) is 1.22. The molecule has 0 bridgehead atoms. The zero-order valence-electron chi connectivity index (χ0n) is 11.7. The van der Waals surface area contributed by atoms with Gasteiger partial charge in [-0.15, -0.1) is 0 Å². The van der Waals surface area contributed by atoms with Crippen LogP contribution in [0, 0.1) is 22.7 Å².